The van der Waals surface area contributed by atoms with Gasteiger partial charge < -0.3 is 20.5 Å². The van der Waals surface area contributed by atoms with E-state index in [4.69, 9.17) is 15.2 Å². The van der Waals surface area contributed by atoms with Gasteiger partial charge in [-0.2, -0.15) is 0 Å². The predicted octanol–water partition coefficient (Wildman–Crippen LogP) is 1.28. The number of benzene rings is 1. The summed E-state index contributed by atoms with van der Waals surface area (Å²) < 4.78 is 11.4. The quantitative estimate of drug-likeness (QED) is 0.812. The van der Waals surface area contributed by atoms with Crippen molar-refractivity contribution in [3.63, 3.8) is 0 Å². The van der Waals surface area contributed by atoms with E-state index in [2.05, 4.69) is 10.3 Å². The van der Waals surface area contributed by atoms with Crippen LogP contribution in [0.15, 0.2) is 48.7 Å². The van der Waals surface area contributed by atoms with E-state index in [-0.39, 0.29) is 18.1 Å². The summed E-state index contributed by atoms with van der Waals surface area (Å²) in [5.41, 5.74) is 6.87. The standard InChI is InChI=1S/C19H21N3O4/c20-18(23)13-4-6-14(7-5-13)19(24)22-16-8-10-25-12-17(16)26-11-15-3-1-2-9-21-15/h1-7,9,16-17H,8,10-12H2,(H2,20,23)(H,22,24). The van der Waals surface area contributed by atoms with Crippen LogP contribution in [0.4, 0.5) is 0 Å². The summed E-state index contributed by atoms with van der Waals surface area (Å²) in [5, 5.41) is 2.99. The Kier molecular flexibility index (Phi) is 5.93. The van der Waals surface area contributed by atoms with Crippen LogP contribution in [0.2, 0.25) is 0 Å². The molecule has 1 fully saturated rings. The Morgan fingerprint density at radius 3 is 2.65 bits per heavy atom. The molecule has 2 atom stereocenters. The van der Waals surface area contributed by atoms with Crippen LogP contribution in [0.5, 0.6) is 0 Å². The summed E-state index contributed by atoms with van der Waals surface area (Å²) in [6.07, 6.45) is 2.13. The van der Waals surface area contributed by atoms with Crippen LogP contribution >= 0.6 is 0 Å². The zero-order valence-electron chi connectivity index (χ0n) is 14.3. The van der Waals surface area contributed by atoms with Gasteiger partial charge in [-0.1, -0.05) is 6.07 Å². The maximum atomic E-state index is 12.5. The molecule has 7 nitrogen and oxygen atoms in total. The average Bonchev–Trinajstić information content (AvgIpc) is 2.68. The Morgan fingerprint density at radius 1 is 1.19 bits per heavy atom. The largest absolute Gasteiger partial charge is 0.379 e. The molecule has 2 aromatic rings. The highest BCUT2D eigenvalue weighted by Gasteiger charge is 2.28. The molecule has 26 heavy (non-hydrogen) atoms. The average molecular weight is 355 g/mol. The van der Waals surface area contributed by atoms with E-state index in [1.165, 1.54) is 12.1 Å². The van der Waals surface area contributed by atoms with E-state index in [1.54, 1.807) is 18.3 Å². The number of rotatable bonds is 6. The number of nitrogens with two attached hydrogens (primary N) is 1. The fraction of sp³-hybridized carbons (Fsp3) is 0.316. The number of hydrogen-bond donors (Lipinski definition) is 2. The van der Waals surface area contributed by atoms with Crippen molar-refractivity contribution in [2.24, 2.45) is 5.73 Å². The molecule has 1 aliphatic heterocycles. The molecule has 136 valence electrons. The van der Waals surface area contributed by atoms with Gasteiger partial charge in [-0.15, -0.1) is 0 Å². The maximum Gasteiger partial charge on any atom is 0.251 e. The molecule has 1 saturated heterocycles. The Morgan fingerprint density at radius 2 is 1.96 bits per heavy atom. The number of carbonyl (C=O) groups excluding carboxylic acids is 2. The molecule has 0 spiro atoms. The number of amides is 2. The topological polar surface area (TPSA) is 104 Å². The van der Waals surface area contributed by atoms with Gasteiger partial charge in [0.05, 0.1) is 24.9 Å². The molecule has 0 bridgehead atoms. The van der Waals surface area contributed by atoms with Crippen molar-refractivity contribution in [2.45, 2.75) is 25.2 Å². The number of nitrogens with one attached hydrogen (secondary N) is 1. The Balaban J connectivity index is 1.60. The number of pyridine rings is 1. The van der Waals surface area contributed by atoms with E-state index in [0.717, 1.165) is 5.69 Å². The van der Waals surface area contributed by atoms with Gasteiger partial charge in [0.1, 0.15) is 6.10 Å². The van der Waals surface area contributed by atoms with Crippen molar-refractivity contribution in [1.29, 1.82) is 0 Å². The summed E-state index contributed by atoms with van der Waals surface area (Å²) in [5.74, 6) is -0.747. The minimum absolute atomic E-state index is 0.157. The van der Waals surface area contributed by atoms with Gasteiger partial charge in [-0.3, -0.25) is 14.6 Å². The van der Waals surface area contributed by atoms with E-state index in [9.17, 15) is 9.59 Å². The first-order valence-electron chi connectivity index (χ1n) is 8.43. The van der Waals surface area contributed by atoms with Crippen LogP contribution in [0.1, 0.15) is 32.8 Å². The molecule has 0 aliphatic carbocycles. The lowest BCUT2D eigenvalue weighted by molar-refractivity contribution is -0.0743. The first-order valence-corrected chi connectivity index (χ1v) is 8.43. The second-order valence-corrected chi connectivity index (χ2v) is 6.06. The Hall–Kier alpha value is -2.77. The van der Waals surface area contributed by atoms with Gasteiger partial charge in [-0.25, -0.2) is 0 Å². The highest BCUT2D eigenvalue weighted by molar-refractivity contribution is 5.97. The van der Waals surface area contributed by atoms with Crippen molar-refractivity contribution >= 4 is 11.8 Å². The molecule has 2 amide bonds. The fourth-order valence-corrected chi connectivity index (χ4v) is 2.75. The molecule has 7 heteroatoms. The van der Waals surface area contributed by atoms with Crippen LogP contribution < -0.4 is 11.1 Å². The van der Waals surface area contributed by atoms with Gasteiger partial charge in [0, 0.05) is 23.9 Å². The number of carbonyl (C=O) groups is 2. The summed E-state index contributed by atoms with van der Waals surface area (Å²) in [6.45, 7) is 1.34. The zero-order chi connectivity index (χ0) is 18.4. The van der Waals surface area contributed by atoms with E-state index in [1.807, 2.05) is 18.2 Å². The summed E-state index contributed by atoms with van der Waals surface area (Å²) in [6, 6.07) is 11.7. The number of hydrogen-bond acceptors (Lipinski definition) is 5. The highest BCUT2D eigenvalue weighted by atomic mass is 16.5. The first-order chi connectivity index (χ1) is 12.6. The van der Waals surface area contributed by atoms with E-state index < -0.39 is 5.91 Å². The van der Waals surface area contributed by atoms with Gasteiger partial charge in [0.2, 0.25) is 5.91 Å². The summed E-state index contributed by atoms with van der Waals surface area (Å²) >= 11 is 0. The lowest BCUT2D eigenvalue weighted by Crippen LogP contribution is -2.50. The molecule has 0 radical (unpaired) electrons. The monoisotopic (exact) mass is 355 g/mol. The minimum Gasteiger partial charge on any atom is -0.379 e. The molecular formula is C19H21N3O4. The SMILES string of the molecule is NC(=O)c1ccc(C(=O)NC2CCOCC2OCc2ccccn2)cc1. The lowest BCUT2D eigenvalue weighted by Gasteiger charge is -2.32. The third-order valence-electron chi connectivity index (χ3n) is 4.22. The third-order valence-corrected chi connectivity index (χ3v) is 4.22. The summed E-state index contributed by atoms with van der Waals surface area (Å²) in [4.78, 5) is 27.8. The fourth-order valence-electron chi connectivity index (χ4n) is 2.75. The zero-order valence-corrected chi connectivity index (χ0v) is 14.3. The number of ether oxygens (including phenoxy) is 2. The normalized spacial score (nSPS) is 19.7. The number of primary amides is 1. The molecule has 1 aliphatic rings. The number of nitrogens with zero attached hydrogens (tertiary/aromatic N) is 1. The van der Waals surface area contributed by atoms with Gasteiger partial charge in [0.25, 0.3) is 5.91 Å². The number of aromatic nitrogens is 1. The Labute approximate surface area is 151 Å². The molecule has 3 N–H and O–H groups in total. The molecular weight excluding hydrogens is 334 g/mol. The van der Waals surface area contributed by atoms with Crippen LogP contribution in [0, 0.1) is 0 Å². The second kappa shape index (κ2) is 8.55. The van der Waals surface area contributed by atoms with E-state index in [0.29, 0.717) is 37.4 Å². The Bertz CT molecular complexity index is 749. The van der Waals surface area contributed by atoms with Gasteiger partial charge in [0.15, 0.2) is 0 Å². The van der Waals surface area contributed by atoms with Crippen molar-refractivity contribution in [2.75, 3.05) is 13.2 Å². The second-order valence-electron chi connectivity index (χ2n) is 6.06. The smallest absolute Gasteiger partial charge is 0.251 e. The van der Waals surface area contributed by atoms with Crippen molar-refractivity contribution in [1.82, 2.24) is 10.3 Å². The molecule has 2 unspecified atom stereocenters. The van der Waals surface area contributed by atoms with Crippen molar-refractivity contribution in [3.05, 3.63) is 65.5 Å². The molecule has 0 saturated carbocycles. The summed E-state index contributed by atoms with van der Waals surface area (Å²) in [7, 11) is 0. The van der Waals surface area contributed by atoms with Crippen LogP contribution in [0.3, 0.4) is 0 Å². The third kappa shape index (κ3) is 4.65. The van der Waals surface area contributed by atoms with Crippen LogP contribution in [0.25, 0.3) is 0 Å². The van der Waals surface area contributed by atoms with Gasteiger partial charge in [-0.05, 0) is 42.8 Å². The van der Waals surface area contributed by atoms with Crippen molar-refractivity contribution < 1.29 is 19.1 Å². The van der Waals surface area contributed by atoms with Crippen LogP contribution in [-0.4, -0.2) is 42.2 Å². The van der Waals surface area contributed by atoms with Crippen LogP contribution in [-0.2, 0) is 16.1 Å². The minimum atomic E-state index is -0.524. The van der Waals surface area contributed by atoms with E-state index >= 15 is 0 Å². The van der Waals surface area contributed by atoms with Gasteiger partial charge >= 0.3 is 0 Å². The van der Waals surface area contributed by atoms with Crippen molar-refractivity contribution in [3.8, 4) is 0 Å². The lowest BCUT2D eigenvalue weighted by atomic mass is 10.0. The molecule has 3 rings (SSSR count). The predicted molar refractivity (Wildman–Crippen MR) is 94.5 cm³/mol. The highest BCUT2D eigenvalue weighted by Crippen LogP contribution is 2.14. The molecule has 1 aromatic heterocycles. The maximum absolute atomic E-state index is 12.5. The molecule has 1 aromatic carbocycles. The first kappa shape index (κ1) is 18.0. The molecule has 2 heterocycles.